The fourth-order valence-corrected chi connectivity index (χ4v) is 8.54. The van der Waals surface area contributed by atoms with E-state index in [1.807, 2.05) is 21.1 Å². The van der Waals surface area contributed by atoms with Crippen molar-refractivity contribution in [2.75, 3.05) is 47.5 Å². The van der Waals surface area contributed by atoms with Gasteiger partial charge in [0.25, 0.3) is 0 Å². The van der Waals surface area contributed by atoms with Gasteiger partial charge in [-0.2, -0.15) is 0 Å². The van der Waals surface area contributed by atoms with Crippen LogP contribution in [0.4, 0.5) is 0 Å². The molecule has 1 aliphatic carbocycles. The number of quaternary nitrogens is 1. The number of furan rings is 1. The molecule has 1 aliphatic rings. The molecule has 0 amide bonds. The van der Waals surface area contributed by atoms with E-state index in [-0.39, 0.29) is 44.2 Å². The lowest BCUT2D eigenvalue weighted by atomic mass is 9.88. The van der Waals surface area contributed by atoms with Crippen LogP contribution in [0.15, 0.2) is 16.6 Å². The molecular weight excluding hydrogens is 813 g/mol. The van der Waals surface area contributed by atoms with Crippen LogP contribution in [0.2, 0.25) is 0 Å². The number of aliphatic hydroxyl groups excluding tert-OH is 2. The van der Waals surface area contributed by atoms with Gasteiger partial charge in [-0.05, 0) is 69.4 Å². The fraction of sp³-hybridized carbons (Fsp3) is 0.812. The highest BCUT2D eigenvalue weighted by Crippen LogP contribution is 2.43. The molecule has 0 bridgehead atoms. The molecule has 62 heavy (non-hydrogen) atoms. The number of esters is 2. The third-order valence-corrected chi connectivity index (χ3v) is 12.9. The van der Waals surface area contributed by atoms with Crippen LogP contribution in [-0.2, 0) is 50.3 Å². The number of ether oxygens (including phenoxy) is 2. The van der Waals surface area contributed by atoms with Crippen LogP contribution in [0, 0.1) is 25.7 Å². The maximum atomic E-state index is 12.8. The summed E-state index contributed by atoms with van der Waals surface area (Å²) in [6.45, 7) is 8.28. The average molecular weight is 899 g/mol. The van der Waals surface area contributed by atoms with Gasteiger partial charge in [-0.1, -0.05) is 103 Å². The number of allylic oxidation sites excluding steroid dienone is 1. The number of hydrogen-bond acceptors (Lipinski definition) is 11. The SMILES string of the molecule is CCCCCc1oc(CCCCCCCCC(=O)O[C@H](COC(=O)CCCCCC[C@H]2[C@@H](O)CC(=O)[C@@H]2/C=C/[C@@H](O)CCCCC)COP(=O)(O)OCC[N+](C)(C)C)c(C)c1C. The molecule has 1 unspecified atom stereocenters. The zero-order valence-corrected chi connectivity index (χ0v) is 40.4. The molecule has 0 saturated heterocycles. The molecule has 0 aliphatic heterocycles. The predicted molar refractivity (Wildman–Crippen MR) is 243 cm³/mol. The second-order valence-electron chi connectivity index (χ2n) is 18.5. The van der Waals surface area contributed by atoms with Crippen molar-refractivity contribution in [2.24, 2.45) is 11.8 Å². The number of aryl methyl sites for hydroxylation is 2. The van der Waals surface area contributed by atoms with Gasteiger partial charge in [0.05, 0.1) is 40.0 Å². The molecule has 1 heterocycles. The zero-order chi connectivity index (χ0) is 46.0. The highest BCUT2D eigenvalue weighted by molar-refractivity contribution is 7.47. The van der Waals surface area contributed by atoms with Crippen LogP contribution >= 0.6 is 7.82 Å². The van der Waals surface area contributed by atoms with Crippen molar-refractivity contribution in [3.63, 3.8) is 0 Å². The Morgan fingerprint density at radius 1 is 0.806 bits per heavy atom. The van der Waals surface area contributed by atoms with Gasteiger partial charge < -0.3 is 33.5 Å². The maximum Gasteiger partial charge on any atom is 0.472 e. The van der Waals surface area contributed by atoms with Crippen LogP contribution < -0.4 is 0 Å². The number of rotatable bonds is 36. The highest BCUT2D eigenvalue weighted by Gasteiger charge is 2.39. The summed E-state index contributed by atoms with van der Waals surface area (Å²) in [4.78, 5) is 48.4. The molecule has 6 atom stereocenters. The first-order chi connectivity index (χ1) is 29.5. The minimum atomic E-state index is -4.45. The van der Waals surface area contributed by atoms with Crippen LogP contribution in [0.5, 0.6) is 0 Å². The summed E-state index contributed by atoms with van der Waals surface area (Å²) in [5.41, 5.74) is 2.57. The van der Waals surface area contributed by atoms with E-state index in [0.29, 0.717) is 36.7 Å². The first-order valence-corrected chi connectivity index (χ1v) is 25.4. The Balaban J connectivity index is 1.75. The molecule has 1 saturated carbocycles. The van der Waals surface area contributed by atoms with Crippen molar-refractivity contribution in [3.8, 4) is 0 Å². The van der Waals surface area contributed by atoms with Crippen molar-refractivity contribution >= 4 is 25.5 Å². The number of nitrogens with zero attached hydrogens (tertiary/aromatic N) is 1. The molecular formula is C48H85NO12P+. The fourth-order valence-electron chi connectivity index (χ4n) is 7.80. The smallest absolute Gasteiger partial charge is 0.466 e. The van der Waals surface area contributed by atoms with Crippen molar-refractivity contribution < 1.29 is 61.5 Å². The Hall–Kier alpha value is -2.38. The second kappa shape index (κ2) is 30.7. The number of likely N-dealkylation sites (N-methyl/N-ethyl adjacent to an activating group) is 1. The number of Topliss-reactive ketones (excluding diaryl/α,β-unsaturated/α-hetero) is 1. The molecule has 1 aromatic heterocycles. The minimum Gasteiger partial charge on any atom is -0.466 e. The Kier molecular flexibility index (Phi) is 27.6. The maximum absolute atomic E-state index is 12.8. The summed E-state index contributed by atoms with van der Waals surface area (Å²) in [5, 5.41) is 20.8. The summed E-state index contributed by atoms with van der Waals surface area (Å²) in [6, 6.07) is 0. The Morgan fingerprint density at radius 2 is 1.37 bits per heavy atom. The second-order valence-corrected chi connectivity index (χ2v) is 20.0. The largest absolute Gasteiger partial charge is 0.472 e. The number of aliphatic hydroxyl groups is 2. The third-order valence-electron chi connectivity index (χ3n) is 11.9. The van der Waals surface area contributed by atoms with Gasteiger partial charge in [0, 0.05) is 38.0 Å². The number of hydrogen-bond donors (Lipinski definition) is 3. The van der Waals surface area contributed by atoms with Gasteiger partial charge in [0.1, 0.15) is 37.1 Å². The first-order valence-electron chi connectivity index (χ1n) is 23.9. The van der Waals surface area contributed by atoms with E-state index >= 15 is 0 Å². The topological polar surface area (TPSA) is 179 Å². The van der Waals surface area contributed by atoms with Crippen molar-refractivity contribution in [1.82, 2.24) is 0 Å². The van der Waals surface area contributed by atoms with E-state index in [4.69, 9.17) is 22.9 Å². The molecule has 0 spiro atoms. The van der Waals surface area contributed by atoms with Crippen molar-refractivity contribution in [1.29, 1.82) is 0 Å². The van der Waals surface area contributed by atoms with Gasteiger partial charge in [-0.3, -0.25) is 23.4 Å². The summed E-state index contributed by atoms with van der Waals surface area (Å²) in [7, 11) is 1.32. The van der Waals surface area contributed by atoms with Crippen LogP contribution in [0.3, 0.4) is 0 Å². The average Bonchev–Trinajstić information content (AvgIpc) is 3.63. The lowest BCUT2D eigenvalue weighted by Gasteiger charge is -2.24. The van der Waals surface area contributed by atoms with Gasteiger partial charge in [-0.15, -0.1) is 0 Å². The Labute approximate surface area is 373 Å². The first kappa shape index (κ1) is 55.8. The lowest BCUT2D eigenvalue weighted by molar-refractivity contribution is -0.870. The molecule has 0 radical (unpaired) electrons. The molecule has 13 nitrogen and oxygen atoms in total. The van der Waals surface area contributed by atoms with E-state index in [1.165, 1.54) is 24.0 Å². The van der Waals surface area contributed by atoms with E-state index in [0.717, 1.165) is 101 Å². The Morgan fingerprint density at radius 3 is 2.00 bits per heavy atom. The monoisotopic (exact) mass is 899 g/mol. The lowest BCUT2D eigenvalue weighted by Crippen LogP contribution is -2.37. The number of unbranched alkanes of at least 4 members (excludes halogenated alkanes) is 12. The molecule has 2 rings (SSSR count). The van der Waals surface area contributed by atoms with E-state index < -0.39 is 50.6 Å². The Bertz CT molecular complexity index is 1500. The molecule has 1 fully saturated rings. The minimum absolute atomic E-state index is 0.00517. The zero-order valence-electron chi connectivity index (χ0n) is 39.5. The quantitative estimate of drug-likeness (QED) is 0.0191. The van der Waals surface area contributed by atoms with Crippen molar-refractivity contribution in [3.05, 3.63) is 34.8 Å². The van der Waals surface area contributed by atoms with E-state index in [2.05, 4.69) is 27.7 Å². The van der Waals surface area contributed by atoms with E-state index in [1.54, 1.807) is 12.2 Å². The molecule has 1 aromatic rings. The highest BCUT2D eigenvalue weighted by atomic mass is 31.2. The molecule has 14 heteroatoms. The van der Waals surface area contributed by atoms with Crippen LogP contribution in [0.25, 0.3) is 0 Å². The van der Waals surface area contributed by atoms with Gasteiger partial charge in [-0.25, -0.2) is 4.57 Å². The standard InChI is InChI=1S/C48H84NO12P/c1-8-10-18-24-39(50)30-31-42-41(43(51)34-44(42)52)25-20-16-17-22-28-47(53)57-35-40(36-59-62(55,56)58-33-32-49(5,6)7)60-48(54)29-23-15-13-12-14-21-27-46-38(4)37(3)45(61-46)26-19-11-9-2/h30-31,39-43,50-51H,8-29,32-36H2,1-7H3/p+1/b31-30+/t39-,40+,41+,42+,43-/m0/s1. The number of carbonyl (C=O) groups excluding carboxylic acids is 3. The van der Waals surface area contributed by atoms with Crippen molar-refractivity contribution in [2.45, 2.75) is 194 Å². The van der Waals surface area contributed by atoms with Gasteiger partial charge in [0.15, 0.2) is 6.10 Å². The van der Waals surface area contributed by atoms with Crippen LogP contribution in [0.1, 0.15) is 171 Å². The summed E-state index contributed by atoms with van der Waals surface area (Å²) < 4.78 is 40.6. The number of phosphoric ester groups is 1. The summed E-state index contributed by atoms with van der Waals surface area (Å²) >= 11 is 0. The number of ketones is 1. The number of carbonyl (C=O) groups is 3. The van der Waals surface area contributed by atoms with Gasteiger partial charge in [0.2, 0.25) is 0 Å². The number of phosphoric acid groups is 1. The van der Waals surface area contributed by atoms with Gasteiger partial charge >= 0.3 is 19.8 Å². The molecule has 3 N–H and O–H groups in total. The molecule has 358 valence electrons. The summed E-state index contributed by atoms with van der Waals surface area (Å²) in [5.74, 6) is 0.687. The predicted octanol–water partition coefficient (Wildman–Crippen LogP) is 9.60. The summed E-state index contributed by atoms with van der Waals surface area (Å²) in [6.07, 6.45) is 20.0. The normalized spacial score (nSPS) is 18.9. The third kappa shape index (κ3) is 24.1. The molecule has 0 aromatic carbocycles. The van der Waals surface area contributed by atoms with E-state index in [9.17, 15) is 34.1 Å². The van der Waals surface area contributed by atoms with Crippen LogP contribution in [-0.4, -0.2) is 103 Å².